The molecule has 1 N–H and O–H groups in total. The third-order valence-electron chi connectivity index (χ3n) is 3.61. The largest absolute Gasteiger partial charge is 0.477 e. The average molecular weight is 343 g/mol. The number of nitrogens with zero attached hydrogens (tertiary/aromatic N) is 2. The minimum atomic E-state index is -0.529. The molecule has 0 unspecified atom stereocenters. The van der Waals surface area contributed by atoms with Crippen molar-refractivity contribution in [2.24, 2.45) is 0 Å². The number of nitro groups is 1. The van der Waals surface area contributed by atoms with Crippen LogP contribution in [0.5, 0.6) is 5.75 Å². The highest BCUT2D eigenvalue weighted by molar-refractivity contribution is 5.77. The van der Waals surface area contributed by atoms with Crippen LogP contribution in [0.1, 0.15) is 11.1 Å². The van der Waals surface area contributed by atoms with E-state index in [1.165, 1.54) is 6.07 Å². The van der Waals surface area contributed by atoms with Crippen molar-refractivity contribution in [1.82, 2.24) is 5.32 Å². The van der Waals surface area contributed by atoms with Gasteiger partial charge in [-0.25, -0.2) is 0 Å². The van der Waals surface area contributed by atoms with E-state index in [-0.39, 0.29) is 24.0 Å². The Labute approximate surface area is 146 Å². The molecule has 0 aliphatic rings. The molecule has 0 saturated carbocycles. The van der Waals surface area contributed by atoms with Crippen molar-refractivity contribution >= 4 is 17.3 Å². The second-order valence-corrected chi connectivity index (χ2v) is 5.85. The Morgan fingerprint density at radius 3 is 2.48 bits per heavy atom. The van der Waals surface area contributed by atoms with Crippen LogP contribution in [0.3, 0.4) is 0 Å². The Bertz CT molecular complexity index is 757. The van der Waals surface area contributed by atoms with Gasteiger partial charge in [-0.15, -0.1) is 0 Å². The van der Waals surface area contributed by atoms with Gasteiger partial charge < -0.3 is 15.0 Å². The fourth-order valence-corrected chi connectivity index (χ4v) is 2.19. The summed E-state index contributed by atoms with van der Waals surface area (Å²) in [5, 5.41) is 13.7. The van der Waals surface area contributed by atoms with Crippen molar-refractivity contribution in [3.8, 4) is 5.75 Å². The van der Waals surface area contributed by atoms with Gasteiger partial charge in [0.2, 0.25) is 0 Å². The second-order valence-electron chi connectivity index (χ2n) is 5.85. The zero-order valence-corrected chi connectivity index (χ0v) is 14.5. The molecule has 1 amide bonds. The van der Waals surface area contributed by atoms with Crippen LogP contribution in [0.15, 0.2) is 42.5 Å². The van der Waals surface area contributed by atoms with E-state index in [4.69, 9.17) is 4.74 Å². The van der Waals surface area contributed by atoms with Crippen LogP contribution in [0.2, 0.25) is 0 Å². The zero-order valence-electron chi connectivity index (χ0n) is 14.5. The predicted octanol–water partition coefficient (Wildman–Crippen LogP) is 2.66. The van der Waals surface area contributed by atoms with Gasteiger partial charge in [0.25, 0.3) is 5.91 Å². The van der Waals surface area contributed by atoms with Crippen molar-refractivity contribution in [2.75, 3.05) is 25.6 Å². The summed E-state index contributed by atoms with van der Waals surface area (Å²) in [6, 6.07) is 12.3. The monoisotopic (exact) mass is 343 g/mol. The maximum absolute atomic E-state index is 11.9. The molecule has 0 saturated heterocycles. The first kappa shape index (κ1) is 18.3. The molecule has 0 bridgehead atoms. The molecule has 25 heavy (non-hydrogen) atoms. The van der Waals surface area contributed by atoms with Gasteiger partial charge in [0.05, 0.1) is 4.92 Å². The van der Waals surface area contributed by atoms with Crippen molar-refractivity contribution in [3.63, 3.8) is 0 Å². The van der Waals surface area contributed by atoms with E-state index in [0.29, 0.717) is 6.54 Å². The highest BCUT2D eigenvalue weighted by Crippen LogP contribution is 2.27. The number of benzene rings is 2. The Morgan fingerprint density at radius 1 is 1.20 bits per heavy atom. The molecule has 132 valence electrons. The summed E-state index contributed by atoms with van der Waals surface area (Å²) in [7, 11) is 3.91. The van der Waals surface area contributed by atoms with Gasteiger partial charge >= 0.3 is 5.69 Å². The quantitative estimate of drug-likeness (QED) is 0.617. The Morgan fingerprint density at radius 2 is 1.88 bits per heavy atom. The van der Waals surface area contributed by atoms with Gasteiger partial charge in [-0.3, -0.25) is 14.9 Å². The molecule has 7 heteroatoms. The first-order valence-electron chi connectivity index (χ1n) is 7.77. The number of carbonyl (C=O) groups excluding carboxylic acids is 1. The van der Waals surface area contributed by atoms with Crippen LogP contribution in [0, 0.1) is 17.0 Å². The lowest BCUT2D eigenvalue weighted by molar-refractivity contribution is -0.385. The molecule has 0 aliphatic carbocycles. The number of rotatable bonds is 7. The van der Waals surface area contributed by atoms with Crippen molar-refractivity contribution in [3.05, 3.63) is 63.7 Å². The van der Waals surface area contributed by atoms with Crippen LogP contribution in [-0.2, 0) is 11.3 Å². The smallest absolute Gasteiger partial charge is 0.310 e. The molecule has 0 aromatic heterocycles. The predicted molar refractivity (Wildman–Crippen MR) is 95.9 cm³/mol. The number of ether oxygens (including phenoxy) is 1. The Kier molecular flexibility index (Phi) is 5.94. The molecular weight excluding hydrogens is 322 g/mol. The highest BCUT2D eigenvalue weighted by Gasteiger charge is 2.16. The topological polar surface area (TPSA) is 84.7 Å². The third-order valence-corrected chi connectivity index (χ3v) is 3.61. The lowest BCUT2D eigenvalue weighted by atomic mass is 10.2. The first-order chi connectivity index (χ1) is 11.9. The van der Waals surface area contributed by atoms with Crippen LogP contribution < -0.4 is 15.0 Å². The number of anilines is 1. The second kappa shape index (κ2) is 8.14. The summed E-state index contributed by atoms with van der Waals surface area (Å²) in [6.07, 6.45) is 0. The highest BCUT2D eigenvalue weighted by atomic mass is 16.6. The van der Waals surface area contributed by atoms with Gasteiger partial charge in [0.15, 0.2) is 12.4 Å². The van der Waals surface area contributed by atoms with Gasteiger partial charge in [0, 0.05) is 32.4 Å². The summed E-state index contributed by atoms with van der Waals surface area (Å²) in [5.74, 6) is -0.247. The van der Waals surface area contributed by atoms with E-state index in [1.54, 1.807) is 19.1 Å². The summed E-state index contributed by atoms with van der Waals surface area (Å²) in [5.41, 5.74) is 2.70. The molecule has 2 aromatic carbocycles. The summed E-state index contributed by atoms with van der Waals surface area (Å²) < 4.78 is 5.32. The Balaban J connectivity index is 1.89. The van der Waals surface area contributed by atoms with Crippen LogP contribution in [0.4, 0.5) is 11.4 Å². The van der Waals surface area contributed by atoms with Gasteiger partial charge in [-0.05, 0) is 36.2 Å². The van der Waals surface area contributed by atoms with E-state index < -0.39 is 4.92 Å². The maximum Gasteiger partial charge on any atom is 0.310 e. The molecule has 0 spiro atoms. The number of hydrogen-bond donors (Lipinski definition) is 1. The summed E-state index contributed by atoms with van der Waals surface area (Å²) >= 11 is 0. The molecule has 2 rings (SSSR count). The number of amides is 1. The molecule has 0 aliphatic heterocycles. The average Bonchev–Trinajstić information content (AvgIpc) is 2.58. The third kappa shape index (κ3) is 5.20. The maximum atomic E-state index is 11.9. The van der Waals surface area contributed by atoms with Gasteiger partial charge in [0.1, 0.15) is 0 Å². The molecular formula is C18H21N3O4. The number of carbonyl (C=O) groups is 1. The molecule has 0 heterocycles. The lowest BCUT2D eigenvalue weighted by Crippen LogP contribution is -2.28. The summed E-state index contributed by atoms with van der Waals surface area (Å²) in [6.45, 7) is 1.89. The van der Waals surface area contributed by atoms with Crippen LogP contribution >= 0.6 is 0 Å². The molecule has 0 atom stereocenters. The summed E-state index contributed by atoms with van der Waals surface area (Å²) in [4.78, 5) is 24.4. The van der Waals surface area contributed by atoms with Gasteiger partial charge in [-0.2, -0.15) is 0 Å². The number of hydrogen-bond acceptors (Lipinski definition) is 5. The van der Waals surface area contributed by atoms with Gasteiger partial charge in [-0.1, -0.05) is 18.2 Å². The normalized spacial score (nSPS) is 10.2. The molecule has 7 nitrogen and oxygen atoms in total. The fraction of sp³-hybridized carbons (Fsp3) is 0.278. The Hall–Kier alpha value is -3.09. The minimum absolute atomic E-state index is 0.0930. The number of aryl methyl sites for hydroxylation is 1. The van der Waals surface area contributed by atoms with E-state index in [2.05, 4.69) is 5.32 Å². The lowest BCUT2D eigenvalue weighted by Gasteiger charge is -2.13. The molecule has 0 fully saturated rings. The zero-order chi connectivity index (χ0) is 18.4. The van der Waals surface area contributed by atoms with Crippen molar-refractivity contribution in [2.45, 2.75) is 13.5 Å². The number of nitro benzene ring substituents is 1. The van der Waals surface area contributed by atoms with E-state index in [1.807, 2.05) is 43.3 Å². The van der Waals surface area contributed by atoms with E-state index >= 15 is 0 Å². The van der Waals surface area contributed by atoms with Crippen LogP contribution in [-0.4, -0.2) is 31.5 Å². The first-order valence-corrected chi connectivity index (χ1v) is 7.77. The molecule has 0 radical (unpaired) electrons. The standard InChI is InChI=1S/C18H21N3O4/c1-13-4-9-16(21(23)24)17(10-13)25-12-18(22)19-11-14-5-7-15(8-6-14)20(2)3/h4-10H,11-12H2,1-3H3,(H,19,22). The SMILES string of the molecule is Cc1ccc([N+](=O)[O-])c(OCC(=O)NCc2ccc(N(C)C)cc2)c1. The van der Waals surface area contributed by atoms with E-state index in [9.17, 15) is 14.9 Å². The van der Waals surface area contributed by atoms with Crippen LogP contribution in [0.25, 0.3) is 0 Å². The number of nitrogens with one attached hydrogen (secondary N) is 1. The van der Waals surface area contributed by atoms with Crippen molar-refractivity contribution < 1.29 is 14.5 Å². The van der Waals surface area contributed by atoms with Crippen molar-refractivity contribution in [1.29, 1.82) is 0 Å². The van der Waals surface area contributed by atoms with E-state index in [0.717, 1.165) is 16.8 Å². The molecule has 2 aromatic rings. The fourth-order valence-electron chi connectivity index (χ4n) is 2.19. The minimum Gasteiger partial charge on any atom is -0.477 e.